The third-order valence-corrected chi connectivity index (χ3v) is 9.53. The molecular weight excluding hydrogens is 618 g/mol. The van der Waals surface area contributed by atoms with Crippen molar-refractivity contribution in [2.24, 2.45) is 0 Å². The predicted molar refractivity (Wildman–Crippen MR) is 167 cm³/mol. The van der Waals surface area contributed by atoms with Crippen molar-refractivity contribution in [3.8, 4) is 17.0 Å². The maximum absolute atomic E-state index is 14.4. The quantitative estimate of drug-likeness (QED) is 0.274. The average molecular weight is 650 g/mol. The van der Waals surface area contributed by atoms with E-state index in [1.54, 1.807) is 18.2 Å². The van der Waals surface area contributed by atoms with Gasteiger partial charge in [0.1, 0.15) is 30.8 Å². The highest BCUT2D eigenvalue weighted by atomic mass is 32.2. The van der Waals surface area contributed by atoms with Crippen LogP contribution in [0.25, 0.3) is 22.0 Å². The average Bonchev–Trinajstić information content (AvgIpc) is 3.02. The molecule has 0 radical (unpaired) electrons. The van der Waals surface area contributed by atoms with Crippen molar-refractivity contribution >= 4 is 44.1 Å². The third kappa shape index (κ3) is 5.99. The van der Waals surface area contributed by atoms with E-state index in [0.29, 0.717) is 40.9 Å². The van der Waals surface area contributed by atoms with Gasteiger partial charge in [0.25, 0.3) is 10.0 Å². The van der Waals surface area contributed by atoms with E-state index in [9.17, 15) is 26.8 Å². The number of hydrogen-bond donors (Lipinski definition) is 1. The number of hydrogen-bond acceptors (Lipinski definition) is 9. The van der Waals surface area contributed by atoms with Gasteiger partial charge in [-0.3, -0.25) is 14.3 Å². The van der Waals surface area contributed by atoms with Gasteiger partial charge in [-0.25, -0.2) is 32.2 Å². The Morgan fingerprint density at radius 1 is 1.02 bits per heavy atom. The van der Waals surface area contributed by atoms with Crippen molar-refractivity contribution in [1.29, 1.82) is 0 Å². The molecule has 11 nitrogen and oxygen atoms in total. The van der Waals surface area contributed by atoms with Crippen molar-refractivity contribution in [3.63, 3.8) is 0 Å². The van der Waals surface area contributed by atoms with E-state index in [2.05, 4.69) is 19.7 Å². The third-order valence-electron chi connectivity index (χ3n) is 8.11. The molecule has 14 heteroatoms. The number of rotatable bonds is 8. The lowest BCUT2D eigenvalue weighted by atomic mass is 9.90. The highest BCUT2D eigenvalue weighted by Gasteiger charge is 2.40. The fraction of sp³-hybridized carbons (Fsp3) is 0.281. The fourth-order valence-corrected chi connectivity index (χ4v) is 7.30. The molecule has 0 aliphatic carbocycles. The van der Waals surface area contributed by atoms with Crippen LogP contribution in [-0.4, -0.2) is 72.2 Å². The molecule has 2 saturated heterocycles. The number of fused-ring (bicyclic) bond motifs is 3. The summed E-state index contributed by atoms with van der Waals surface area (Å²) in [6.07, 6.45) is 6.41. The summed E-state index contributed by atoms with van der Waals surface area (Å²) in [5.41, 5.74) is 1.41. The van der Waals surface area contributed by atoms with Gasteiger partial charge in [0.2, 0.25) is 11.8 Å². The number of carbonyl (C=O) groups excluding carboxylic acids is 2. The first-order valence-electron chi connectivity index (χ1n) is 15.0. The highest BCUT2D eigenvalue weighted by molar-refractivity contribution is 7.92. The molecule has 1 amide bonds. The molecule has 2 aliphatic rings. The number of halogens is 2. The van der Waals surface area contributed by atoms with Gasteiger partial charge in [0.05, 0.1) is 12.6 Å². The van der Waals surface area contributed by atoms with Crippen LogP contribution < -0.4 is 14.4 Å². The monoisotopic (exact) mass is 649 g/mol. The number of nitrogens with one attached hydrogen (secondary N) is 1. The zero-order chi connectivity index (χ0) is 33.5. The van der Waals surface area contributed by atoms with Crippen LogP contribution in [-0.2, 0) is 19.6 Å². The molecule has 2 atom stereocenters. The molecule has 2 aromatic carbocycles. The summed E-state index contributed by atoms with van der Waals surface area (Å²) in [5, 5.41) is 0.624. The second kappa shape index (κ2) is 12.4. The minimum atomic E-state index is -4.71. The van der Waals surface area contributed by atoms with Crippen molar-refractivity contribution in [1.82, 2.24) is 19.9 Å². The number of aromatic nitrogens is 3. The summed E-state index contributed by atoms with van der Waals surface area (Å²) >= 11 is 0. The molecule has 2 unspecified atom stereocenters. The summed E-state index contributed by atoms with van der Waals surface area (Å²) in [5.74, 6) is -2.51. The number of nitrogens with zero attached hydrogens (tertiary/aromatic N) is 5. The Hall–Kier alpha value is -4.98. The van der Waals surface area contributed by atoms with Gasteiger partial charge in [-0.05, 0) is 68.2 Å². The van der Waals surface area contributed by atoms with E-state index in [1.807, 2.05) is 9.80 Å². The summed E-state index contributed by atoms with van der Waals surface area (Å²) in [7, 11) is -3.43. The number of sulfonamides is 1. The molecule has 4 aromatic rings. The lowest BCUT2D eigenvalue weighted by Crippen LogP contribution is -2.62. The molecule has 6 rings (SSSR count). The van der Waals surface area contributed by atoms with Crippen LogP contribution in [0.3, 0.4) is 0 Å². The molecule has 2 aromatic heterocycles. The van der Waals surface area contributed by atoms with Crippen molar-refractivity contribution in [3.05, 3.63) is 78.8 Å². The van der Waals surface area contributed by atoms with Crippen LogP contribution in [0.15, 0.2) is 72.0 Å². The van der Waals surface area contributed by atoms with Crippen LogP contribution in [0, 0.1) is 11.6 Å². The van der Waals surface area contributed by atoms with E-state index >= 15 is 0 Å². The summed E-state index contributed by atoms with van der Waals surface area (Å²) in [4.78, 5) is 40.2. The van der Waals surface area contributed by atoms with E-state index in [0.717, 1.165) is 37.5 Å². The van der Waals surface area contributed by atoms with Crippen LogP contribution in [0.5, 0.6) is 5.88 Å². The van der Waals surface area contributed by atoms with Crippen LogP contribution in [0.1, 0.15) is 27.6 Å². The first-order chi connectivity index (χ1) is 22.4. The Balaban J connectivity index is 1.35. The van der Waals surface area contributed by atoms with Crippen molar-refractivity contribution < 1.29 is 32.9 Å². The van der Waals surface area contributed by atoms with E-state index in [4.69, 9.17) is 6.11 Å². The number of piperazine rings is 1. The van der Waals surface area contributed by atoms with E-state index < -0.39 is 26.6 Å². The predicted octanol–water partition coefficient (Wildman–Crippen LogP) is 4.49. The largest absolute Gasteiger partial charge is 0.480 e. The second-order valence-electron chi connectivity index (χ2n) is 11.1. The number of piperidine rings is 1. The minimum absolute atomic E-state index is 0.116. The second-order valence-corrected chi connectivity index (χ2v) is 12.8. The number of methoxy groups -OCH3 is 1. The minimum Gasteiger partial charge on any atom is -0.480 e. The summed E-state index contributed by atoms with van der Waals surface area (Å²) < 4.78 is 70.5. The number of ketones is 1. The molecule has 2 bridgehead atoms. The Labute approximate surface area is 265 Å². The maximum atomic E-state index is 14.4. The smallest absolute Gasteiger partial charge is 0.267 e. The molecule has 4 heterocycles. The van der Waals surface area contributed by atoms with Crippen LogP contribution >= 0.6 is 0 Å². The summed E-state index contributed by atoms with van der Waals surface area (Å²) in [6.45, 7) is 2.33. The standard InChI is InChI=1S/C32H30F2N6O5S/c1-19(41)9-12-29(42)40-22-5-3-6-23(40)17-39(16-22)31-24-13-20(10-11-27(24)36-18-37-31)21-14-28(32(45-2)35-15-21)38-46(43,44)30-25(33)7-4-8-26(30)34/h4,7-15,18,22-23,38H,3,5-6,16-17H2,1-2H3/b12-9+/i18D. The lowest BCUT2D eigenvalue weighted by molar-refractivity contribution is -0.133. The number of ether oxygens (including phenoxy) is 1. The van der Waals surface area contributed by atoms with Gasteiger partial charge in [-0.1, -0.05) is 12.1 Å². The summed E-state index contributed by atoms with van der Waals surface area (Å²) in [6, 6.07) is 9.19. The van der Waals surface area contributed by atoms with Crippen molar-refractivity contribution in [2.75, 3.05) is 29.8 Å². The number of carbonyl (C=O) groups is 2. The Morgan fingerprint density at radius 3 is 2.41 bits per heavy atom. The van der Waals surface area contributed by atoms with Gasteiger partial charge >= 0.3 is 0 Å². The van der Waals surface area contributed by atoms with E-state index in [1.165, 1.54) is 38.4 Å². The highest BCUT2D eigenvalue weighted by Crippen LogP contribution is 2.36. The van der Waals surface area contributed by atoms with Crippen molar-refractivity contribution in [2.45, 2.75) is 43.2 Å². The van der Waals surface area contributed by atoms with Gasteiger partial charge < -0.3 is 14.5 Å². The van der Waals surface area contributed by atoms with Crippen LogP contribution in [0.4, 0.5) is 20.3 Å². The fourth-order valence-electron chi connectivity index (χ4n) is 6.12. The number of allylic oxidation sites excluding steroid dienone is 1. The topological polar surface area (TPSA) is 135 Å². The van der Waals surface area contributed by atoms with Gasteiger partial charge in [-0.15, -0.1) is 0 Å². The first-order valence-corrected chi connectivity index (χ1v) is 16.0. The van der Waals surface area contributed by atoms with Crippen LogP contribution in [0.2, 0.25) is 0 Å². The maximum Gasteiger partial charge on any atom is 0.267 e. The number of anilines is 2. The number of pyridine rings is 1. The molecule has 46 heavy (non-hydrogen) atoms. The molecule has 2 fully saturated rings. The normalized spacial score (nSPS) is 18.5. The molecule has 238 valence electrons. The van der Waals surface area contributed by atoms with Gasteiger partial charge in [0.15, 0.2) is 10.7 Å². The first kappa shape index (κ1) is 29.7. The SMILES string of the molecule is [2H]c1nc(N2CC3CCCC(C2)N3C(=O)/C=C/C(C)=O)c2cc(-c3cnc(OC)c(NS(=O)(=O)c4c(F)cccc4F)c3)ccc2n1. The van der Waals surface area contributed by atoms with E-state index in [-0.39, 0.29) is 41.6 Å². The molecule has 0 saturated carbocycles. The lowest BCUT2D eigenvalue weighted by Gasteiger charge is -2.50. The molecular formula is C32H30F2N6O5S. The Morgan fingerprint density at radius 2 is 1.74 bits per heavy atom. The van der Waals surface area contributed by atoms with Gasteiger partial charge in [-0.2, -0.15) is 0 Å². The Bertz CT molecular complexity index is 2010. The molecule has 1 N–H and O–H groups in total. The zero-order valence-electron chi connectivity index (χ0n) is 25.9. The Kier molecular flexibility index (Phi) is 8.03. The van der Waals surface area contributed by atoms with Gasteiger partial charge in [0, 0.05) is 48.4 Å². The molecule has 0 spiro atoms. The zero-order valence-corrected chi connectivity index (χ0v) is 25.7. The number of amides is 1. The number of benzene rings is 2. The molecule has 2 aliphatic heterocycles.